The van der Waals surface area contributed by atoms with Gasteiger partial charge in [0.25, 0.3) is 0 Å². The molecule has 0 aromatic heterocycles. The molecule has 0 aliphatic heterocycles. The number of amides is 1. The third kappa shape index (κ3) is 4.94. The van der Waals surface area contributed by atoms with Crippen LogP contribution in [0.15, 0.2) is 47.4 Å². The SMILES string of the molecule is COc1ccc(Cl)cc1S(=O)(=O)N[C@H](C)C(=O)Nc1ccc(C)cc1. The van der Waals surface area contributed by atoms with Gasteiger partial charge in [0, 0.05) is 10.7 Å². The van der Waals surface area contributed by atoms with Gasteiger partial charge in [-0.05, 0) is 44.2 Å². The number of nitrogens with one attached hydrogen (secondary N) is 2. The number of anilines is 1. The van der Waals surface area contributed by atoms with E-state index in [0.717, 1.165) is 5.56 Å². The molecule has 0 aliphatic rings. The van der Waals surface area contributed by atoms with Crippen molar-refractivity contribution in [1.29, 1.82) is 0 Å². The van der Waals surface area contributed by atoms with Crippen molar-refractivity contribution in [2.75, 3.05) is 12.4 Å². The van der Waals surface area contributed by atoms with Gasteiger partial charge in [0.2, 0.25) is 15.9 Å². The largest absolute Gasteiger partial charge is 0.495 e. The fourth-order valence-corrected chi connectivity index (χ4v) is 3.73. The molecular weight excluding hydrogens is 364 g/mol. The molecular formula is C17H19ClN2O4S. The van der Waals surface area contributed by atoms with Crippen LogP contribution in [0.1, 0.15) is 12.5 Å². The molecule has 2 aromatic carbocycles. The van der Waals surface area contributed by atoms with Crippen molar-refractivity contribution in [1.82, 2.24) is 4.72 Å². The zero-order valence-corrected chi connectivity index (χ0v) is 15.6. The van der Waals surface area contributed by atoms with E-state index in [1.807, 2.05) is 19.1 Å². The van der Waals surface area contributed by atoms with Gasteiger partial charge in [0.15, 0.2) is 0 Å². The van der Waals surface area contributed by atoms with Crippen LogP contribution in [0, 0.1) is 6.92 Å². The highest BCUT2D eigenvalue weighted by atomic mass is 35.5. The summed E-state index contributed by atoms with van der Waals surface area (Å²) in [4.78, 5) is 12.1. The maximum atomic E-state index is 12.5. The van der Waals surface area contributed by atoms with E-state index >= 15 is 0 Å². The van der Waals surface area contributed by atoms with E-state index in [4.69, 9.17) is 16.3 Å². The lowest BCUT2D eigenvalue weighted by molar-refractivity contribution is -0.117. The molecule has 0 bridgehead atoms. The van der Waals surface area contributed by atoms with Crippen molar-refractivity contribution >= 4 is 33.2 Å². The van der Waals surface area contributed by atoms with Crippen LogP contribution in [-0.2, 0) is 14.8 Å². The Morgan fingerprint density at radius 2 is 1.80 bits per heavy atom. The molecule has 0 radical (unpaired) electrons. The van der Waals surface area contributed by atoms with Gasteiger partial charge in [-0.1, -0.05) is 29.3 Å². The Balaban J connectivity index is 2.15. The maximum Gasteiger partial charge on any atom is 0.245 e. The minimum Gasteiger partial charge on any atom is -0.495 e. The summed E-state index contributed by atoms with van der Waals surface area (Å²) in [5, 5.41) is 2.91. The highest BCUT2D eigenvalue weighted by Gasteiger charge is 2.25. The van der Waals surface area contributed by atoms with Crippen molar-refractivity contribution in [2.45, 2.75) is 24.8 Å². The standard InChI is InChI=1S/C17H19ClN2O4S/c1-11-4-7-14(8-5-11)19-17(21)12(2)20-25(22,23)16-10-13(18)6-9-15(16)24-3/h4-10,12,20H,1-3H3,(H,19,21)/t12-/m1/s1. The average Bonchev–Trinajstić information content (AvgIpc) is 2.56. The fourth-order valence-electron chi connectivity index (χ4n) is 2.10. The minimum absolute atomic E-state index is 0.127. The highest BCUT2D eigenvalue weighted by Crippen LogP contribution is 2.27. The van der Waals surface area contributed by atoms with Crippen LogP contribution >= 0.6 is 11.6 Å². The molecule has 1 atom stereocenters. The van der Waals surface area contributed by atoms with Gasteiger partial charge in [0.05, 0.1) is 13.2 Å². The third-order valence-corrected chi connectivity index (χ3v) is 5.26. The van der Waals surface area contributed by atoms with E-state index in [0.29, 0.717) is 5.69 Å². The van der Waals surface area contributed by atoms with Gasteiger partial charge in [0.1, 0.15) is 10.6 Å². The van der Waals surface area contributed by atoms with Gasteiger partial charge >= 0.3 is 0 Å². The summed E-state index contributed by atoms with van der Waals surface area (Å²) in [6, 6.07) is 10.4. The summed E-state index contributed by atoms with van der Waals surface area (Å²) in [6.07, 6.45) is 0. The Morgan fingerprint density at radius 1 is 1.16 bits per heavy atom. The van der Waals surface area contributed by atoms with Gasteiger partial charge in [-0.3, -0.25) is 4.79 Å². The molecule has 134 valence electrons. The Kier molecular flexibility index (Phi) is 6.05. The maximum absolute atomic E-state index is 12.5. The van der Waals surface area contributed by atoms with Crippen LogP contribution in [0.4, 0.5) is 5.69 Å². The van der Waals surface area contributed by atoms with Crippen molar-refractivity contribution < 1.29 is 17.9 Å². The van der Waals surface area contributed by atoms with E-state index in [1.54, 1.807) is 12.1 Å². The summed E-state index contributed by atoms with van der Waals surface area (Å²) in [5.41, 5.74) is 1.64. The number of hydrogen-bond donors (Lipinski definition) is 2. The molecule has 2 rings (SSSR count). The van der Waals surface area contributed by atoms with Crippen LogP contribution in [0.3, 0.4) is 0 Å². The molecule has 0 aliphatic carbocycles. The normalized spacial score (nSPS) is 12.5. The Bertz CT molecular complexity index is 867. The number of methoxy groups -OCH3 is 1. The van der Waals surface area contributed by atoms with E-state index < -0.39 is 22.0 Å². The minimum atomic E-state index is -3.99. The van der Waals surface area contributed by atoms with Gasteiger partial charge in [-0.2, -0.15) is 4.72 Å². The van der Waals surface area contributed by atoms with Crippen LogP contribution in [0.5, 0.6) is 5.75 Å². The number of benzene rings is 2. The first-order valence-electron chi connectivity index (χ1n) is 7.46. The molecule has 0 unspecified atom stereocenters. The molecule has 0 heterocycles. The molecule has 25 heavy (non-hydrogen) atoms. The summed E-state index contributed by atoms with van der Waals surface area (Å²) >= 11 is 5.87. The first-order valence-corrected chi connectivity index (χ1v) is 9.32. The third-order valence-electron chi connectivity index (χ3n) is 3.46. The smallest absolute Gasteiger partial charge is 0.245 e. The molecule has 0 saturated heterocycles. The first-order chi connectivity index (χ1) is 11.7. The second-order valence-corrected chi connectivity index (χ2v) is 7.61. The highest BCUT2D eigenvalue weighted by molar-refractivity contribution is 7.89. The quantitative estimate of drug-likeness (QED) is 0.804. The average molecular weight is 383 g/mol. The fraction of sp³-hybridized carbons (Fsp3) is 0.235. The van der Waals surface area contributed by atoms with Crippen LogP contribution in [0.25, 0.3) is 0 Å². The van der Waals surface area contributed by atoms with Crippen LogP contribution in [-0.4, -0.2) is 27.5 Å². The molecule has 1 amide bonds. The number of carbonyl (C=O) groups excluding carboxylic acids is 1. The lowest BCUT2D eigenvalue weighted by atomic mass is 10.2. The summed E-state index contributed by atoms with van der Waals surface area (Å²) in [6.45, 7) is 3.39. The van der Waals surface area contributed by atoms with Crippen LogP contribution < -0.4 is 14.8 Å². The van der Waals surface area contributed by atoms with E-state index in [-0.39, 0.29) is 15.7 Å². The Hall–Kier alpha value is -2.09. The predicted octanol–water partition coefficient (Wildman–Crippen LogP) is 2.96. The molecule has 2 aromatic rings. The van der Waals surface area contributed by atoms with Gasteiger partial charge in [-0.25, -0.2) is 8.42 Å². The zero-order chi connectivity index (χ0) is 18.6. The van der Waals surface area contributed by atoms with E-state index in [2.05, 4.69) is 10.0 Å². The van der Waals surface area contributed by atoms with Crippen molar-refractivity contribution in [3.63, 3.8) is 0 Å². The van der Waals surface area contributed by atoms with Gasteiger partial charge < -0.3 is 10.1 Å². The Morgan fingerprint density at radius 3 is 2.40 bits per heavy atom. The lowest BCUT2D eigenvalue weighted by Crippen LogP contribution is -2.41. The second-order valence-electron chi connectivity index (χ2n) is 5.49. The topological polar surface area (TPSA) is 84.5 Å². The molecule has 0 spiro atoms. The number of halogens is 1. The summed E-state index contributed by atoms with van der Waals surface area (Å²) < 4.78 is 32.5. The predicted molar refractivity (Wildman–Crippen MR) is 97.6 cm³/mol. The van der Waals surface area contributed by atoms with E-state index in [1.165, 1.54) is 32.2 Å². The number of rotatable bonds is 6. The van der Waals surface area contributed by atoms with Crippen molar-refractivity contribution in [3.05, 3.63) is 53.1 Å². The second kappa shape index (κ2) is 7.86. The number of ether oxygens (including phenoxy) is 1. The van der Waals surface area contributed by atoms with Crippen molar-refractivity contribution in [2.24, 2.45) is 0 Å². The number of sulfonamides is 1. The summed E-state index contributed by atoms with van der Waals surface area (Å²) in [7, 11) is -2.63. The van der Waals surface area contributed by atoms with Crippen LogP contribution in [0.2, 0.25) is 5.02 Å². The number of aryl methyl sites for hydroxylation is 1. The monoisotopic (exact) mass is 382 g/mol. The van der Waals surface area contributed by atoms with E-state index in [9.17, 15) is 13.2 Å². The Labute approximate surface area is 152 Å². The van der Waals surface area contributed by atoms with Gasteiger partial charge in [-0.15, -0.1) is 0 Å². The van der Waals surface area contributed by atoms with Crippen molar-refractivity contribution in [3.8, 4) is 5.75 Å². The molecule has 2 N–H and O–H groups in total. The molecule has 0 fully saturated rings. The molecule has 8 heteroatoms. The first kappa shape index (κ1) is 19.2. The lowest BCUT2D eigenvalue weighted by Gasteiger charge is -2.16. The zero-order valence-electron chi connectivity index (χ0n) is 14.0. The summed E-state index contributed by atoms with van der Waals surface area (Å²) in [5.74, 6) is -0.337. The number of carbonyl (C=O) groups is 1. The number of hydrogen-bond acceptors (Lipinski definition) is 4. The molecule has 0 saturated carbocycles. The molecule has 6 nitrogen and oxygen atoms in total.